The summed E-state index contributed by atoms with van der Waals surface area (Å²) in [6.07, 6.45) is 4.53. The van der Waals surface area contributed by atoms with Gasteiger partial charge in [-0.15, -0.1) is 0 Å². The number of hydrogen-bond acceptors (Lipinski definition) is 5. The van der Waals surface area contributed by atoms with Crippen molar-refractivity contribution in [2.75, 3.05) is 6.54 Å². The molecule has 1 unspecified atom stereocenters. The maximum Gasteiger partial charge on any atom is 0.126 e. The highest BCUT2D eigenvalue weighted by Crippen LogP contribution is 2.20. The van der Waals surface area contributed by atoms with Gasteiger partial charge >= 0.3 is 0 Å². The molecule has 0 aromatic carbocycles. The fourth-order valence-corrected chi connectivity index (χ4v) is 1.84. The Morgan fingerprint density at radius 2 is 2.53 bits per heavy atom. The lowest BCUT2D eigenvalue weighted by molar-refractivity contribution is 0.443. The molecule has 2 aromatic heterocycles. The molecule has 4 nitrogen and oxygen atoms in total. The quantitative estimate of drug-likeness (QED) is 0.844. The Kier molecular flexibility index (Phi) is 3.47. The van der Waals surface area contributed by atoms with Crippen LogP contribution in [0.1, 0.15) is 30.8 Å². The van der Waals surface area contributed by atoms with Crippen LogP contribution in [0.25, 0.3) is 0 Å². The summed E-state index contributed by atoms with van der Waals surface area (Å²) < 4.78 is 13.6. The fourth-order valence-electron chi connectivity index (χ4n) is 1.39. The number of furan rings is 1. The minimum atomic E-state index is 0.0266. The van der Waals surface area contributed by atoms with Gasteiger partial charge in [-0.3, -0.25) is 0 Å². The Bertz CT molecular complexity index is 337. The molecule has 5 heteroatoms. The number of nitrogens with one attached hydrogen (secondary N) is 1. The van der Waals surface area contributed by atoms with Crippen LogP contribution >= 0.6 is 11.7 Å². The summed E-state index contributed by atoms with van der Waals surface area (Å²) in [5.74, 6) is 0.885. The molecule has 2 heterocycles. The smallest absolute Gasteiger partial charge is 0.126 e. The summed E-state index contributed by atoms with van der Waals surface area (Å²) in [5.41, 5.74) is 0.920. The lowest BCUT2D eigenvalue weighted by Crippen LogP contribution is -2.22. The third-order valence-corrected chi connectivity index (χ3v) is 2.59. The molecular weight excluding hydrogens is 210 g/mol. The fraction of sp³-hybridized carbons (Fsp3) is 0.400. The molecule has 2 rings (SSSR count). The molecule has 1 N–H and O–H groups in total. The van der Waals surface area contributed by atoms with Crippen LogP contribution in [0, 0.1) is 0 Å². The predicted molar refractivity (Wildman–Crippen MR) is 58.8 cm³/mol. The summed E-state index contributed by atoms with van der Waals surface area (Å²) in [6.45, 7) is 3.06. The Balaban J connectivity index is 2.17. The predicted octanol–water partition coefficient (Wildman–Crippen LogP) is 2.22. The van der Waals surface area contributed by atoms with Gasteiger partial charge in [0, 0.05) is 0 Å². The van der Waals surface area contributed by atoms with E-state index in [1.807, 2.05) is 12.1 Å². The molecule has 0 spiro atoms. The van der Waals surface area contributed by atoms with Crippen molar-refractivity contribution >= 4 is 11.7 Å². The number of aromatic nitrogens is 2. The third kappa shape index (κ3) is 2.43. The van der Waals surface area contributed by atoms with Crippen molar-refractivity contribution in [3.63, 3.8) is 0 Å². The molecule has 0 saturated heterocycles. The van der Waals surface area contributed by atoms with Gasteiger partial charge in [0.25, 0.3) is 0 Å². The minimum absolute atomic E-state index is 0.0266. The van der Waals surface area contributed by atoms with Crippen molar-refractivity contribution in [1.82, 2.24) is 14.1 Å². The van der Waals surface area contributed by atoms with Crippen LogP contribution in [-0.4, -0.2) is 15.3 Å². The van der Waals surface area contributed by atoms with E-state index in [1.165, 1.54) is 11.7 Å². The zero-order valence-electron chi connectivity index (χ0n) is 8.51. The van der Waals surface area contributed by atoms with Crippen molar-refractivity contribution in [3.8, 4) is 0 Å². The molecule has 0 aliphatic rings. The van der Waals surface area contributed by atoms with E-state index in [2.05, 4.69) is 21.0 Å². The van der Waals surface area contributed by atoms with E-state index in [4.69, 9.17) is 4.42 Å². The van der Waals surface area contributed by atoms with Gasteiger partial charge in [0.05, 0.1) is 29.9 Å². The van der Waals surface area contributed by atoms with Gasteiger partial charge in [0.2, 0.25) is 0 Å². The van der Waals surface area contributed by atoms with Crippen molar-refractivity contribution in [2.24, 2.45) is 0 Å². The first-order valence-corrected chi connectivity index (χ1v) is 5.69. The molecule has 0 aliphatic heterocycles. The van der Waals surface area contributed by atoms with E-state index in [0.29, 0.717) is 0 Å². The maximum atomic E-state index is 5.39. The van der Waals surface area contributed by atoms with Crippen LogP contribution in [0.15, 0.2) is 29.0 Å². The van der Waals surface area contributed by atoms with E-state index in [-0.39, 0.29) is 6.04 Å². The van der Waals surface area contributed by atoms with Crippen LogP contribution in [0.2, 0.25) is 0 Å². The van der Waals surface area contributed by atoms with Crippen molar-refractivity contribution in [2.45, 2.75) is 19.4 Å². The molecule has 0 fully saturated rings. The maximum absolute atomic E-state index is 5.39. The zero-order valence-corrected chi connectivity index (χ0v) is 9.33. The summed E-state index contributed by atoms with van der Waals surface area (Å²) in [4.78, 5) is 0. The Morgan fingerprint density at radius 3 is 3.13 bits per heavy atom. The third-order valence-electron chi connectivity index (χ3n) is 2.10. The van der Waals surface area contributed by atoms with Gasteiger partial charge in [0.1, 0.15) is 11.8 Å². The Labute approximate surface area is 92.7 Å². The van der Waals surface area contributed by atoms with Gasteiger partial charge < -0.3 is 9.73 Å². The van der Waals surface area contributed by atoms with Gasteiger partial charge in [0.15, 0.2) is 0 Å². The number of hydrogen-bond donors (Lipinski definition) is 1. The number of rotatable bonds is 5. The second kappa shape index (κ2) is 5.04. The molecule has 0 saturated carbocycles. The van der Waals surface area contributed by atoms with Crippen LogP contribution in [0.3, 0.4) is 0 Å². The first-order chi connectivity index (χ1) is 7.42. The van der Waals surface area contributed by atoms with Crippen molar-refractivity contribution in [1.29, 1.82) is 0 Å². The van der Waals surface area contributed by atoms with Gasteiger partial charge in [-0.25, -0.2) is 0 Å². The largest absolute Gasteiger partial charge is 0.467 e. The van der Waals surface area contributed by atoms with E-state index in [0.717, 1.165) is 24.4 Å². The van der Waals surface area contributed by atoms with Crippen molar-refractivity contribution in [3.05, 3.63) is 36.0 Å². The lowest BCUT2D eigenvalue weighted by atomic mass is 10.1. The average molecular weight is 223 g/mol. The Morgan fingerprint density at radius 1 is 1.60 bits per heavy atom. The molecule has 0 radical (unpaired) electrons. The van der Waals surface area contributed by atoms with Crippen LogP contribution in [-0.2, 0) is 0 Å². The second-order valence-corrected chi connectivity index (χ2v) is 3.79. The number of nitrogens with zero attached hydrogens (tertiary/aromatic N) is 2. The van der Waals surface area contributed by atoms with Crippen LogP contribution in [0.5, 0.6) is 0 Å². The summed E-state index contributed by atoms with van der Waals surface area (Å²) in [5, 5.41) is 3.38. The van der Waals surface area contributed by atoms with E-state index in [1.54, 1.807) is 12.5 Å². The van der Waals surface area contributed by atoms with Crippen LogP contribution in [0.4, 0.5) is 0 Å². The first kappa shape index (κ1) is 10.3. The summed E-state index contributed by atoms with van der Waals surface area (Å²) in [7, 11) is 0. The van der Waals surface area contributed by atoms with Crippen LogP contribution < -0.4 is 5.32 Å². The highest BCUT2D eigenvalue weighted by Gasteiger charge is 2.18. The molecule has 0 bridgehead atoms. The normalized spacial score (nSPS) is 12.9. The van der Waals surface area contributed by atoms with Crippen molar-refractivity contribution < 1.29 is 4.42 Å². The second-order valence-electron chi connectivity index (χ2n) is 3.23. The summed E-state index contributed by atoms with van der Waals surface area (Å²) in [6, 6.07) is 3.86. The van der Waals surface area contributed by atoms with Gasteiger partial charge in [-0.2, -0.15) is 8.75 Å². The molecular formula is C10H13N3OS. The highest BCUT2D eigenvalue weighted by atomic mass is 32.1. The standard InChI is InChI=1S/C10H13N3OS/c1-2-5-11-10(8-7-12-15-13-8)9-4-3-6-14-9/h3-4,6-7,10-11H,2,5H2,1H3. The molecule has 1 atom stereocenters. The Hall–Kier alpha value is -1.20. The highest BCUT2D eigenvalue weighted by molar-refractivity contribution is 6.99. The average Bonchev–Trinajstić information content (AvgIpc) is 2.90. The lowest BCUT2D eigenvalue weighted by Gasteiger charge is -2.12. The monoisotopic (exact) mass is 223 g/mol. The minimum Gasteiger partial charge on any atom is -0.467 e. The topological polar surface area (TPSA) is 51.0 Å². The molecule has 2 aromatic rings. The van der Waals surface area contributed by atoms with Gasteiger partial charge in [-0.1, -0.05) is 6.92 Å². The van der Waals surface area contributed by atoms with E-state index < -0.39 is 0 Å². The molecule has 80 valence electrons. The van der Waals surface area contributed by atoms with Gasteiger partial charge in [-0.05, 0) is 25.1 Å². The van der Waals surface area contributed by atoms with E-state index in [9.17, 15) is 0 Å². The molecule has 15 heavy (non-hydrogen) atoms. The molecule has 0 aliphatic carbocycles. The first-order valence-electron chi connectivity index (χ1n) is 4.96. The summed E-state index contributed by atoms with van der Waals surface area (Å²) >= 11 is 1.22. The van der Waals surface area contributed by atoms with E-state index >= 15 is 0 Å². The molecule has 0 amide bonds. The zero-order chi connectivity index (χ0) is 10.5. The SMILES string of the molecule is CCCNC(c1cnsn1)c1ccco1.